The van der Waals surface area contributed by atoms with Crippen LogP contribution < -0.4 is 4.74 Å². The van der Waals surface area contributed by atoms with Gasteiger partial charge in [-0.15, -0.1) is 0 Å². The van der Waals surface area contributed by atoms with Crippen LogP contribution in [0.4, 0.5) is 4.39 Å². The van der Waals surface area contributed by atoms with Crippen LogP contribution in [0.15, 0.2) is 45.3 Å². The van der Waals surface area contributed by atoms with Crippen molar-refractivity contribution in [2.24, 2.45) is 0 Å². The second-order valence-corrected chi connectivity index (χ2v) is 5.80. The first-order valence-corrected chi connectivity index (χ1v) is 7.15. The van der Waals surface area contributed by atoms with Gasteiger partial charge in [-0.3, -0.25) is 0 Å². The van der Waals surface area contributed by atoms with Gasteiger partial charge >= 0.3 is 5.97 Å². The van der Waals surface area contributed by atoms with Crippen LogP contribution in [0.1, 0.15) is 15.9 Å². The van der Waals surface area contributed by atoms with E-state index in [2.05, 4.69) is 31.9 Å². The Labute approximate surface area is 131 Å². The fraction of sp³-hybridized carbons (Fsp3) is 0.0714. The Balaban J connectivity index is 2.22. The van der Waals surface area contributed by atoms with Crippen molar-refractivity contribution in [3.63, 3.8) is 0 Å². The van der Waals surface area contributed by atoms with Gasteiger partial charge in [0.1, 0.15) is 23.7 Å². The van der Waals surface area contributed by atoms with Crippen LogP contribution in [0.3, 0.4) is 0 Å². The number of halogens is 3. The minimum atomic E-state index is -1.09. The second kappa shape index (κ2) is 6.37. The molecule has 0 saturated carbocycles. The number of benzene rings is 2. The van der Waals surface area contributed by atoms with Gasteiger partial charge in [0.05, 0.1) is 0 Å². The molecule has 0 bridgehead atoms. The highest BCUT2D eigenvalue weighted by Gasteiger charge is 2.12. The maximum Gasteiger partial charge on any atom is 0.339 e. The number of carboxylic acids is 1. The summed E-state index contributed by atoms with van der Waals surface area (Å²) in [5.41, 5.74) is 0.384. The Hall–Kier alpha value is -1.40. The molecule has 2 aromatic carbocycles. The number of hydrogen-bond acceptors (Lipinski definition) is 2. The van der Waals surface area contributed by atoms with Gasteiger partial charge in [0, 0.05) is 14.5 Å². The van der Waals surface area contributed by atoms with Crippen molar-refractivity contribution in [1.82, 2.24) is 0 Å². The van der Waals surface area contributed by atoms with E-state index >= 15 is 0 Å². The predicted molar refractivity (Wildman–Crippen MR) is 79.5 cm³/mol. The molecule has 0 aliphatic heterocycles. The van der Waals surface area contributed by atoms with Crippen LogP contribution in [0.5, 0.6) is 5.75 Å². The Bertz CT molecular complexity index is 659. The van der Waals surface area contributed by atoms with E-state index in [0.717, 1.165) is 0 Å². The Morgan fingerprint density at radius 1 is 1.15 bits per heavy atom. The van der Waals surface area contributed by atoms with E-state index in [1.807, 2.05) is 0 Å². The van der Waals surface area contributed by atoms with Crippen LogP contribution in [0.2, 0.25) is 0 Å². The van der Waals surface area contributed by atoms with E-state index in [1.54, 1.807) is 24.3 Å². The third-order valence-electron chi connectivity index (χ3n) is 2.57. The molecule has 0 atom stereocenters. The topological polar surface area (TPSA) is 46.5 Å². The molecule has 1 N–H and O–H groups in total. The molecule has 0 radical (unpaired) electrons. The molecule has 0 unspecified atom stereocenters. The fourth-order valence-electron chi connectivity index (χ4n) is 1.59. The molecule has 104 valence electrons. The van der Waals surface area contributed by atoms with Gasteiger partial charge in [-0.05, 0) is 30.3 Å². The van der Waals surface area contributed by atoms with Gasteiger partial charge in [0.25, 0.3) is 0 Å². The molecule has 6 heteroatoms. The van der Waals surface area contributed by atoms with Crippen LogP contribution in [-0.4, -0.2) is 11.1 Å². The van der Waals surface area contributed by atoms with Crippen molar-refractivity contribution in [3.8, 4) is 5.75 Å². The highest BCUT2D eigenvalue weighted by atomic mass is 79.9. The average molecular weight is 404 g/mol. The van der Waals surface area contributed by atoms with Crippen molar-refractivity contribution >= 4 is 37.8 Å². The van der Waals surface area contributed by atoms with Crippen LogP contribution >= 0.6 is 31.9 Å². The first-order chi connectivity index (χ1) is 9.47. The second-order valence-electron chi connectivity index (χ2n) is 3.97. The highest BCUT2D eigenvalue weighted by molar-refractivity contribution is 9.10. The molecule has 0 aromatic heterocycles. The Morgan fingerprint density at radius 3 is 2.45 bits per heavy atom. The summed E-state index contributed by atoms with van der Waals surface area (Å²) < 4.78 is 20.4. The summed E-state index contributed by atoms with van der Waals surface area (Å²) in [5.74, 6) is -1.32. The highest BCUT2D eigenvalue weighted by Crippen LogP contribution is 2.25. The summed E-state index contributed by atoms with van der Waals surface area (Å²) in [4.78, 5) is 11.1. The number of hydrogen-bond donors (Lipinski definition) is 1. The molecule has 0 heterocycles. The lowest BCUT2D eigenvalue weighted by Crippen LogP contribution is -2.04. The lowest BCUT2D eigenvalue weighted by atomic mass is 10.2. The maximum absolute atomic E-state index is 13.7. The van der Waals surface area contributed by atoms with E-state index in [1.165, 1.54) is 12.1 Å². The van der Waals surface area contributed by atoms with Gasteiger partial charge in [-0.1, -0.05) is 37.9 Å². The normalized spacial score (nSPS) is 10.3. The zero-order chi connectivity index (χ0) is 14.7. The SMILES string of the molecule is O=C(O)c1ccc(Br)cc1OCc1ccc(Br)cc1F. The maximum atomic E-state index is 13.7. The third kappa shape index (κ3) is 3.58. The lowest BCUT2D eigenvalue weighted by Gasteiger charge is -2.10. The molecule has 2 rings (SSSR count). The predicted octanol–water partition coefficient (Wildman–Crippen LogP) is 4.63. The summed E-state index contributed by atoms with van der Waals surface area (Å²) in [6, 6.07) is 9.19. The molecule has 2 aromatic rings. The minimum absolute atomic E-state index is 0.0331. The monoisotopic (exact) mass is 402 g/mol. The molecular formula is C14H9Br2FO3. The average Bonchev–Trinajstić information content (AvgIpc) is 2.37. The van der Waals surface area contributed by atoms with Crippen molar-refractivity contribution in [2.45, 2.75) is 6.61 Å². The van der Waals surface area contributed by atoms with Gasteiger partial charge in [0.2, 0.25) is 0 Å². The molecule has 0 fully saturated rings. The molecule has 0 amide bonds. The number of carboxylic acid groups (broad SMARTS) is 1. The van der Waals surface area contributed by atoms with Gasteiger partial charge in [-0.25, -0.2) is 9.18 Å². The zero-order valence-electron chi connectivity index (χ0n) is 10.1. The van der Waals surface area contributed by atoms with Gasteiger partial charge < -0.3 is 9.84 Å². The largest absolute Gasteiger partial charge is 0.488 e. The number of rotatable bonds is 4. The minimum Gasteiger partial charge on any atom is -0.488 e. The molecule has 0 aliphatic rings. The summed E-state index contributed by atoms with van der Waals surface area (Å²) in [5, 5.41) is 9.07. The van der Waals surface area contributed by atoms with Crippen molar-refractivity contribution in [3.05, 3.63) is 62.3 Å². The van der Waals surface area contributed by atoms with Crippen molar-refractivity contribution < 1.29 is 19.0 Å². The van der Waals surface area contributed by atoms with Gasteiger partial charge in [-0.2, -0.15) is 0 Å². The number of carbonyl (C=O) groups is 1. The molecular weight excluding hydrogens is 395 g/mol. The standard InChI is InChI=1S/C14H9Br2FO3/c15-9-2-1-8(12(17)5-9)7-20-13-6-10(16)3-4-11(13)14(18)19/h1-6H,7H2,(H,18,19). The first-order valence-electron chi connectivity index (χ1n) is 5.57. The van der Waals surface area contributed by atoms with Crippen molar-refractivity contribution in [2.75, 3.05) is 0 Å². The number of ether oxygens (including phenoxy) is 1. The lowest BCUT2D eigenvalue weighted by molar-refractivity contribution is 0.0691. The Morgan fingerprint density at radius 2 is 1.80 bits per heavy atom. The molecule has 3 nitrogen and oxygen atoms in total. The summed E-state index contributed by atoms with van der Waals surface area (Å²) in [7, 11) is 0. The van der Waals surface area contributed by atoms with Crippen LogP contribution in [-0.2, 0) is 6.61 Å². The van der Waals surface area contributed by atoms with E-state index in [0.29, 0.717) is 14.5 Å². The summed E-state index contributed by atoms with van der Waals surface area (Å²) >= 11 is 6.41. The zero-order valence-corrected chi connectivity index (χ0v) is 13.2. The molecule has 0 saturated heterocycles. The summed E-state index contributed by atoms with van der Waals surface area (Å²) in [6.45, 7) is -0.0458. The van der Waals surface area contributed by atoms with Crippen LogP contribution in [0.25, 0.3) is 0 Å². The first kappa shape index (κ1) is 15.0. The van der Waals surface area contributed by atoms with Crippen molar-refractivity contribution in [1.29, 1.82) is 0 Å². The third-order valence-corrected chi connectivity index (χ3v) is 3.56. The fourth-order valence-corrected chi connectivity index (χ4v) is 2.26. The smallest absolute Gasteiger partial charge is 0.339 e. The van der Waals surface area contributed by atoms with E-state index in [4.69, 9.17) is 9.84 Å². The quantitative estimate of drug-likeness (QED) is 0.809. The van der Waals surface area contributed by atoms with E-state index in [9.17, 15) is 9.18 Å². The summed E-state index contributed by atoms with van der Waals surface area (Å²) in [6.07, 6.45) is 0. The van der Waals surface area contributed by atoms with E-state index in [-0.39, 0.29) is 17.9 Å². The number of aromatic carboxylic acids is 1. The van der Waals surface area contributed by atoms with E-state index < -0.39 is 11.8 Å². The molecule has 0 aliphatic carbocycles. The van der Waals surface area contributed by atoms with Gasteiger partial charge in [0.15, 0.2) is 0 Å². The molecule has 20 heavy (non-hydrogen) atoms. The van der Waals surface area contributed by atoms with Crippen LogP contribution in [0, 0.1) is 5.82 Å². The molecule has 0 spiro atoms. The Kier molecular flexibility index (Phi) is 4.77.